The molecule has 0 aliphatic heterocycles. The summed E-state index contributed by atoms with van der Waals surface area (Å²) in [4.78, 5) is 31.0. The minimum Gasteiger partial charge on any atom is -0.293 e. The summed E-state index contributed by atoms with van der Waals surface area (Å²) in [5.74, 6) is -1.21. The van der Waals surface area contributed by atoms with Crippen LogP contribution in [0.4, 0.5) is 0 Å². The molecule has 0 atom stereocenters. The maximum absolute atomic E-state index is 13.2. The Balaban J connectivity index is 1.75. The van der Waals surface area contributed by atoms with Gasteiger partial charge in [0.15, 0.2) is 11.6 Å². The summed E-state index contributed by atoms with van der Waals surface area (Å²) in [6.45, 7) is 1.99. The molecule has 1 heterocycles. The van der Waals surface area contributed by atoms with Gasteiger partial charge in [-0.25, -0.2) is 0 Å². The van der Waals surface area contributed by atoms with E-state index in [1.165, 1.54) is 0 Å². The number of carbonyl (C=O) groups is 2. The Morgan fingerprint density at radius 3 is 2.04 bits per heavy atom. The summed E-state index contributed by atoms with van der Waals surface area (Å²) in [6, 6.07) is 20.9. The fourth-order valence-corrected chi connectivity index (χ4v) is 3.92. The topological polar surface area (TPSA) is 47.0 Å². The summed E-state index contributed by atoms with van der Waals surface area (Å²) >= 11 is 0. The van der Waals surface area contributed by atoms with Crippen molar-refractivity contribution in [3.63, 3.8) is 0 Å². The van der Waals surface area contributed by atoms with Crippen LogP contribution in [-0.4, -0.2) is 16.6 Å². The third-order valence-corrected chi connectivity index (χ3v) is 5.20. The molecule has 0 fully saturated rings. The molecule has 3 heteroatoms. The smallest absolute Gasteiger partial charge is 0.180 e. The molecule has 0 radical (unpaired) electrons. The highest BCUT2D eigenvalue weighted by Gasteiger charge is 2.37. The lowest BCUT2D eigenvalue weighted by Gasteiger charge is -2.23. The van der Waals surface area contributed by atoms with Crippen LogP contribution in [0.3, 0.4) is 0 Å². The molecule has 3 nitrogen and oxygen atoms in total. The van der Waals surface area contributed by atoms with Gasteiger partial charge in [-0.3, -0.25) is 14.6 Å². The van der Waals surface area contributed by atoms with E-state index >= 15 is 0 Å². The highest BCUT2D eigenvalue weighted by atomic mass is 16.2. The molecule has 0 N–H and O–H groups in total. The zero-order chi connectivity index (χ0) is 17.8. The molecule has 0 unspecified atom stereocenters. The molecule has 0 amide bonds. The maximum atomic E-state index is 13.2. The Labute approximate surface area is 150 Å². The van der Waals surface area contributed by atoms with E-state index in [-0.39, 0.29) is 11.6 Å². The number of Topliss-reactive ketones (excluding diaryl/α,β-unsaturated/α-hetero) is 2. The lowest BCUT2D eigenvalue weighted by Crippen LogP contribution is -2.28. The Kier molecular flexibility index (Phi) is 3.07. The molecule has 1 aromatic heterocycles. The molecular formula is C23H15NO2. The third-order valence-electron chi connectivity index (χ3n) is 5.20. The molecule has 0 bridgehead atoms. The van der Waals surface area contributed by atoms with Crippen LogP contribution in [0.15, 0.2) is 66.7 Å². The first-order valence-electron chi connectivity index (χ1n) is 8.61. The van der Waals surface area contributed by atoms with E-state index in [9.17, 15) is 9.59 Å². The van der Waals surface area contributed by atoms with Gasteiger partial charge in [0.25, 0.3) is 0 Å². The molecule has 4 aromatic rings. The van der Waals surface area contributed by atoms with Crippen molar-refractivity contribution in [2.24, 2.45) is 0 Å². The number of ketones is 2. The van der Waals surface area contributed by atoms with E-state index in [0.29, 0.717) is 16.8 Å². The average molecular weight is 337 g/mol. The lowest BCUT2D eigenvalue weighted by atomic mass is 9.78. The number of aromatic nitrogens is 1. The average Bonchev–Trinajstić information content (AvgIpc) is 2.67. The van der Waals surface area contributed by atoms with Gasteiger partial charge in [-0.1, -0.05) is 60.7 Å². The standard InChI is InChI=1S/C23H15NO2/c1-13-5-2-8-15-11-12-18(24-21(13)15)20-22(25)16-9-3-6-14-7-4-10-17(19(14)16)23(20)26/h2-12,20H,1H3. The molecule has 124 valence electrons. The van der Waals surface area contributed by atoms with Crippen molar-refractivity contribution in [1.82, 2.24) is 4.98 Å². The van der Waals surface area contributed by atoms with Crippen molar-refractivity contribution < 1.29 is 9.59 Å². The van der Waals surface area contributed by atoms with E-state index in [1.807, 2.05) is 55.5 Å². The minimum absolute atomic E-state index is 0.167. The van der Waals surface area contributed by atoms with Crippen LogP contribution in [0, 0.1) is 6.92 Å². The first-order valence-corrected chi connectivity index (χ1v) is 8.61. The van der Waals surface area contributed by atoms with Gasteiger partial charge in [0.1, 0.15) is 5.92 Å². The molecule has 26 heavy (non-hydrogen) atoms. The van der Waals surface area contributed by atoms with Crippen LogP contribution in [0.2, 0.25) is 0 Å². The summed E-state index contributed by atoms with van der Waals surface area (Å²) in [6.07, 6.45) is 0. The van der Waals surface area contributed by atoms with Crippen molar-refractivity contribution in [3.8, 4) is 0 Å². The van der Waals surface area contributed by atoms with Gasteiger partial charge in [0.2, 0.25) is 0 Å². The summed E-state index contributed by atoms with van der Waals surface area (Å²) < 4.78 is 0. The Bertz CT molecular complexity index is 1190. The largest absolute Gasteiger partial charge is 0.293 e. The van der Waals surface area contributed by atoms with E-state index in [2.05, 4.69) is 0 Å². The summed E-state index contributed by atoms with van der Waals surface area (Å²) in [5.41, 5.74) is 3.60. The zero-order valence-corrected chi connectivity index (χ0v) is 14.2. The van der Waals surface area contributed by atoms with Gasteiger partial charge in [-0.05, 0) is 23.9 Å². The van der Waals surface area contributed by atoms with Gasteiger partial charge in [0.05, 0.1) is 11.2 Å². The molecule has 0 saturated carbocycles. The van der Waals surface area contributed by atoms with E-state index in [0.717, 1.165) is 27.2 Å². The predicted molar refractivity (Wildman–Crippen MR) is 102 cm³/mol. The molecule has 5 rings (SSSR count). The number of rotatable bonds is 1. The quantitative estimate of drug-likeness (QED) is 0.466. The number of pyridine rings is 1. The fourth-order valence-electron chi connectivity index (χ4n) is 3.92. The minimum atomic E-state index is -0.875. The van der Waals surface area contributed by atoms with Crippen LogP contribution in [0.5, 0.6) is 0 Å². The first-order chi connectivity index (χ1) is 12.6. The molecule has 1 aliphatic carbocycles. The number of hydrogen-bond acceptors (Lipinski definition) is 3. The molecule has 1 aliphatic rings. The monoisotopic (exact) mass is 337 g/mol. The summed E-state index contributed by atoms with van der Waals surface area (Å²) in [7, 11) is 0. The summed E-state index contributed by atoms with van der Waals surface area (Å²) in [5, 5.41) is 2.69. The maximum Gasteiger partial charge on any atom is 0.180 e. The molecule has 3 aromatic carbocycles. The van der Waals surface area contributed by atoms with Gasteiger partial charge in [0, 0.05) is 21.9 Å². The SMILES string of the molecule is Cc1cccc2ccc(C3C(=O)c4cccc5cccc(c45)C3=O)nc12. The lowest BCUT2D eigenvalue weighted by molar-refractivity contribution is 0.0854. The Hall–Kier alpha value is -3.33. The van der Waals surface area contributed by atoms with Crippen molar-refractivity contribution in [2.75, 3.05) is 0 Å². The second kappa shape index (κ2) is 5.33. The van der Waals surface area contributed by atoms with E-state index in [4.69, 9.17) is 4.98 Å². The fraction of sp³-hybridized carbons (Fsp3) is 0.0870. The van der Waals surface area contributed by atoms with Crippen LogP contribution >= 0.6 is 0 Å². The van der Waals surface area contributed by atoms with Gasteiger partial charge in [-0.15, -0.1) is 0 Å². The molecule has 0 spiro atoms. The van der Waals surface area contributed by atoms with Crippen LogP contribution in [0.1, 0.15) is 37.9 Å². The number of nitrogens with zero attached hydrogens (tertiary/aromatic N) is 1. The number of aryl methyl sites for hydroxylation is 1. The Morgan fingerprint density at radius 1 is 0.731 bits per heavy atom. The van der Waals surface area contributed by atoms with Crippen molar-refractivity contribution in [3.05, 3.63) is 89.1 Å². The van der Waals surface area contributed by atoms with Crippen molar-refractivity contribution in [2.45, 2.75) is 12.8 Å². The Morgan fingerprint density at radius 2 is 1.35 bits per heavy atom. The second-order valence-electron chi connectivity index (χ2n) is 6.75. The normalized spacial score (nSPS) is 14.3. The second-order valence-corrected chi connectivity index (χ2v) is 6.75. The van der Waals surface area contributed by atoms with Crippen molar-refractivity contribution >= 4 is 33.2 Å². The van der Waals surface area contributed by atoms with Crippen LogP contribution in [-0.2, 0) is 0 Å². The number of benzene rings is 3. The highest BCUT2D eigenvalue weighted by molar-refractivity contribution is 6.31. The van der Waals surface area contributed by atoms with E-state index < -0.39 is 5.92 Å². The van der Waals surface area contributed by atoms with Crippen molar-refractivity contribution in [1.29, 1.82) is 0 Å². The van der Waals surface area contributed by atoms with Crippen LogP contribution < -0.4 is 0 Å². The van der Waals surface area contributed by atoms with Gasteiger partial charge in [-0.2, -0.15) is 0 Å². The number of fused-ring (bicyclic) bond motifs is 1. The molecule has 0 saturated heterocycles. The zero-order valence-electron chi connectivity index (χ0n) is 14.2. The molecular weight excluding hydrogens is 322 g/mol. The van der Waals surface area contributed by atoms with Gasteiger partial charge < -0.3 is 0 Å². The van der Waals surface area contributed by atoms with Crippen LogP contribution in [0.25, 0.3) is 21.7 Å². The van der Waals surface area contributed by atoms with E-state index in [1.54, 1.807) is 18.2 Å². The van der Waals surface area contributed by atoms with Gasteiger partial charge >= 0.3 is 0 Å². The third kappa shape index (κ3) is 1.97. The first kappa shape index (κ1) is 15.0. The number of hydrogen-bond donors (Lipinski definition) is 0. The number of para-hydroxylation sites is 1. The highest BCUT2D eigenvalue weighted by Crippen LogP contribution is 2.36. The number of carbonyl (C=O) groups excluding carboxylic acids is 2. The predicted octanol–water partition coefficient (Wildman–Crippen LogP) is 4.86.